The van der Waals surface area contributed by atoms with Gasteiger partial charge < -0.3 is 9.80 Å². The number of amides is 1. The highest BCUT2D eigenvalue weighted by atomic mass is 16.2. The minimum absolute atomic E-state index is 0.00242. The zero-order valence-corrected chi connectivity index (χ0v) is 14.1. The Kier molecular flexibility index (Phi) is 6.09. The molecule has 0 N–H and O–H groups in total. The molecule has 0 aliphatic rings. The van der Waals surface area contributed by atoms with Crippen molar-refractivity contribution in [2.75, 3.05) is 25.0 Å². The predicted molar refractivity (Wildman–Crippen MR) is 93.0 cm³/mol. The lowest BCUT2D eigenvalue weighted by atomic mass is 10.2. The molecule has 1 amide bonds. The van der Waals surface area contributed by atoms with Crippen molar-refractivity contribution in [3.63, 3.8) is 0 Å². The summed E-state index contributed by atoms with van der Waals surface area (Å²) < 4.78 is 0. The van der Waals surface area contributed by atoms with E-state index in [1.165, 1.54) is 0 Å². The Balaban J connectivity index is 2.14. The molecule has 0 aliphatic carbocycles. The maximum absolute atomic E-state index is 12.5. The third kappa shape index (κ3) is 4.28. The van der Waals surface area contributed by atoms with Crippen molar-refractivity contribution in [2.45, 2.75) is 26.7 Å². The molecule has 0 radical (unpaired) electrons. The van der Waals surface area contributed by atoms with E-state index in [1.807, 2.05) is 47.2 Å². The van der Waals surface area contributed by atoms with Crippen LogP contribution < -0.4 is 4.90 Å². The van der Waals surface area contributed by atoms with Crippen LogP contribution >= 0.6 is 0 Å². The van der Waals surface area contributed by atoms with Crippen molar-refractivity contribution in [1.82, 2.24) is 14.9 Å². The van der Waals surface area contributed by atoms with Gasteiger partial charge in [-0.05, 0) is 25.0 Å². The highest BCUT2D eigenvalue weighted by Crippen LogP contribution is 2.19. The summed E-state index contributed by atoms with van der Waals surface area (Å²) in [6.45, 7) is 5.67. The number of para-hydroxylation sites is 1. The van der Waals surface area contributed by atoms with Gasteiger partial charge in [-0.1, -0.05) is 32.0 Å². The molecule has 2 rings (SSSR count). The van der Waals surface area contributed by atoms with Crippen LogP contribution in [0.1, 0.15) is 37.0 Å². The number of hydrogen-bond donors (Lipinski definition) is 0. The highest BCUT2D eigenvalue weighted by Gasteiger charge is 2.16. The molecule has 0 saturated heterocycles. The first-order valence-corrected chi connectivity index (χ1v) is 8.07. The van der Waals surface area contributed by atoms with Crippen LogP contribution in [0.2, 0.25) is 0 Å². The fraction of sp³-hybridized carbons (Fsp3) is 0.389. The highest BCUT2D eigenvalue weighted by molar-refractivity contribution is 5.93. The van der Waals surface area contributed by atoms with Gasteiger partial charge in [-0.15, -0.1) is 0 Å². The maximum Gasteiger partial charge on any atom is 0.256 e. The first-order valence-electron chi connectivity index (χ1n) is 8.07. The standard InChI is InChI=1S/C18H24N4O/c1-4-11-22(12-5-2)17(23)15-13-19-18(20-14-15)21(3)16-9-7-6-8-10-16/h6-10,13-14H,4-5,11-12H2,1-3H3. The molecule has 23 heavy (non-hydrogen) atoms. The van der Waals surface area contributed by atoms with E-state index in [0.717, 1.165) is 31.6 Å². The minimum atomic E-state index is 0.00242. The lowest BCUT2D eigenvalue weighted by molar-refractivity contribution is 0.0754. The average molecular weight is 312 g/mol. The second-order valence-corrected chi connectivity index (χ2v) is 5.46. The zero-order chi connectivity index (χ0) is 16.7. The Morgan fingerprint density at radius 1 is 1.00 bits per heavy atom. The molecule has 0 unspecified atom stereocenters. The molecule has 122 valence electrons. The van der Waals surface area contributed by atoms with Crippen molar-refractivity contribution in [2.24, 2.45) is 0 Å². The number of carbonyl (C=O) groups excluding carboxylic acids is 1. The molecule has 0 aliphatic heterocycles. The van der Waals surface area contributed by atoms with E-state index in [1.54, 1.807) is 12.4 Å². The van der Waals surface area contributed by atoms with E-state index in [4.69, 9.17) is 0 Å². The number of carbonyl (C=O) groups is 1. The lowest BCUT2D eigenvalue weighted by Crippen LogP contribution is -2.32. The SMILES string of the molecule is CCCN(CCC)C(=O)c1cnc(N(C)c2ccccc2)nc1. The summed E-state index contributed by atoms with van der Waals surface area (Å²) in [5.41, 5.74) is 1.54. The van der Waals surface area contributed by atoms with Crippen LogP contribution in [0.4, 0.5) is 11.6 Å². The van der Waals surface area contributed by atoms with E-state index < -0.39 is 0 Å². The number of aromatic nitrogens is 2. The van der Waals surface area contributed by atoms with Gasteiger partial charge in [0.05, 0.1) is 5.56 Å². The quantitative estimate of drug-likeness (QED) is 0.785. The summed E-state index contributed by atoms with van der Waals surface area (Å²) in [5.74, 6) is 0.577. The van der Waals surface area contributed by atoms with Gasteiger partial charge >= 0.3 is 0 Å². The van der Waals surface area contributed by atoms with Crippen molar-refractivity contribution in [3.05, 3.63) is 48.3 Å². The average Bonchev–Trinajstić information content (AvgIpc) is 2.61. The summed E-state index contributed by atoms with van der Waals surface area (Å²) in [4.78, 5) is 25.0. The Hall–Kier alpha value is -2.43. The summed E-state index contributed by atoms with van der Waals surface area (Å²) in [6, 6.07) is 9.89. The molecular formula is C18H24N4O. The van der Waals surface area contributed by atoms with Crippen LogP contribution in [0.15, 0.2) is 42.7 Å². The largest absolute Gasteiger partial charge is 0.339 e. The van der Waals surface area contributed by atoms with Crippen LogP contribution in [0.5, 0.6) is 0 Å². The van der Waals surface area contributed by atoms with Gasteiger partial charge in [0, 0.05) is 38.2 Å². The number of nitrogens with zero attached hydrogens (tertiary/aromatic N) is 4. The molecule has 0 bridgehead atoms. The lowest BCUT2D eigenvalue weighted by Gasteiger charge is -2.21. The first kappa shape index (κ1) is 16.9. The monoisotopic (exact) mass is 312 g/mol. The van der Waals surface area contributed by atoms with E-state index in [2.05, 4.69) is 23.8 Å². The van der Waals surface area contributed by atoms with Gasteiger partial charge in [-0.3, -0.25) is 4.79 Å². The molecule has 1 aromatic heterocycles. The minimum Gasteiger partial charge on any atom is -0.339 e. The fourth-order valence-corrected chi connectivity index (χ4v) is 2.41. The van der Waals surface area contributed by atoms with Gasteiger partial charge in [0.2, 0.25) is 5.95 Å². The Morgan fingerprint density at radius 3 is 2.09 bits per heavy atom. The topological polar surface area (TPSA) is 49.3 Å². The van der Waals surface area contributed by atoms with Crippen molar-refractivity contribution < 1.29 is 4.79 Å². The normalized spacial score (nSPS) is 10.4. The van der Waals surface area contributed by atoms with Crippen LogP contribution in [-0.2, 0) is 0 Å². The van der Waals surface area contributed by atoms with Gasteiger partial charge in [0.1, 0.15) is 0 Å². The van der Waals surface area contributed by atoms with Crippen LogP contribution in [-0.4, -0.2) is 40.9 Å². The molecule has 1 aromatic carbocycles. The van der Waals surface area contributed by atoms with E-state index in [-0.39, 0.29) is 5.91 Å². The maximum atomic E-state index is 12.5. The Labute approximate surface area is 138 Å². The van der Waals surface area contributed by atoms with Crippen LogP contribution in [0.3, 0.4) is 0 Å². The zero-order valence-electron chi connectivity index (χ0n) is 14.1. The summed E-state index contributed by atoms with van der Waals surface area (Å²) in [5, 5.41) is 0. The second-order valence-electron chi connectivity index (χ2n) is 5.46. The van der Waals surface area contributed by atoms with Crippen LogP contribution in [0, 0.1) is 0 Å². The second kappa shape index (κ2) is 8.27. The number of benzene rings is 1. The molecule has 0 spiro atoms. The molecule has 0 saturated carbocycles. The van der Waals surface area contributed by atoms with E-state index >= 15 is 0 Å². The van der Waals surface area contributed by atoms with E-state index in [9.17, 15) is 4.79 Å². The smallest absolute Gasteiger partial charge is 0.256 e. The van der Waals surface area contributed by atoms with Gasteiger partial charge in [0.15, 0.2) is 0 Å². The molecule has 2 aromatic rings. The van der Waals surface area contributed by atoms with Crippen LogP contribution in [0.25, 0.3) is 0 Å². The van der Waals surface area contributed by atoms with Crippen molar-refractivity contribution in [3.8, 4) is 0 Å². The number of hydrogen-bond acceptors (Lipinski definition) is 4. The fourth-order valence-electron chi connectivity index (χ4n) is 2.41. The summed E-state index contributed by atoms with van der Waals surface area (Å²) >= 11 is 0. The molecular weight excluding hydrogens is 288 g/mol. The molecule has 5 nitrogen and oxygen atoms in total. The summed E-state index contributed by atoms with van der Waals surface area (Å²) in [6.07, 6.45) is 5.12. The van der Waals surface area contributed by atoms with Gasteiger partial charge in [0.25, 0.3) is 5.91 Å². The Morgan fingerprint density at radius 2 is 1.57 bits per heavy atom. The Bertz CT molecular complexity index is 607. The third-order valence-corrected chi connectivity index (χ3v) is 3.60. The predicted octanol–water partition coefficient (Wildman–Crippen LogP) is 3.51. The third-order valence-electron chi connectivity index (χ3n) is 3.60. The van der Waals surface area contributed by atoms with Crippen molar-refractivity contribution >= 4 is 17.5 Å². The molecule has 0 fully saturated rings. The van der Waals surface area contributed by atoms with Gasteiger partial charge in [-0.25, -0.2) is 9.97 Å². The van der Waals surface area contributed by atoms with Crippen molar-refractivity contribution in [1.29, 1.82) is 0 Å². The van der Waals surface area contributed by atoms with Gasteiger partial charge in [-0.2, -0.15) is 0 Å². The summed E-state index contributed by atoms with van der Waals surface area (Å²) in [7, 11) is 1.91. The molecule has 0 atom stereocenters. The van der Waals surface area contributed by atoms with E-state index in [0.29, 0.717) is 11.5 Å². The first-order chi connectivity index (χ1) is 11.2. The number of anilines is 2. The number of rotatable bonds is 7. The molecule has 1 heterocycles. The molecule has 5 heteroatoms.